The molecule has 0 radical (unpaired) electrons. The quantitative estimate of drug-likeness (QED) is 0.519. The molecule has 1 fully saturated rings. The van der Waals surface area contributed by atoms with Crippen molar-refractivity contribution in [1.29, 1.82) is 0 Å². The van der Waals surface area contributed by atoms with E-state index in [4.69, 9.17) is 4.42 Å². The maximum Gasteiger partial charge on any atom is 0.321 e. The fourth-order valence-corrected chi connectivity index (χ4v) is 4.08. The van der Waals surface area contributed by atoms with Gasteiger partial charge in [0, 0.05) is 19.6 Å². The second-order valence-corrected chi connectivity index (χ2v) is 8.09. The third kappa shape index (κ3) is 5.66. The first kappa shape index (κ1) is 21.0. The van der Waals surface area contributed by atoms with Gasteiger partial charge < -0.3 is 14.6 Å². The number of rotatable bonds is 8. The van der Waals surface area contributed by atoms with E-state index in [1.807, 2.05) is 47.0 Å². The van der Waals surface area contributed by atoms with Gasteiger partial charge in [-0.3, -0.25) is 14.7 Å². The molecule has 4 rings (SSSR count). The summed E-state index contributed by atoms with van der Waals surface area (Å²) in [5.74, 6) is 1.21. The number of amides is 3. The molecule has 31 heavy (non-hydrogen) atoms. The normalized spacial score (nSPS) is 13.4. The van der Waals surface area contributed by atoms with Gasteiger partial charge in [0.1, 0.15) is 5.76 Å². The van der Waals surface area contributed by atoms with E-state index in [0.717, 1.165) is 43.2 Å². The van der Waals surface area contributed by atoms with Gasteiger partial charge >= 0.3 is 6.03 Å². The minimum absolute atomic E-state index is 0.0506. The number of hydrogen-bond donors (Lipinski definition) is 2. The van der Waals surface area contributed by atoms with Crippen molar-refractivity contribution in [3.8, 4) is 0 Å². The van der Waals surface area contributed by atoms with Crippen LogP contribution in [-0.4, -0.2) is 45.5 Å². The zero-order valence-corrected chi connectivity index (χ0v) is 17.8. The highest BCUT2D eigenvalue weighted by molar-refractivity contribution is 7.99. The SMILES string of the molecule is O=C(CSc1nnc(N2CCCC2)n1Cc1ccco1)NC(=O)NCc1ccccc1. The van der Waals surface area contributed by atoms with Gasteiger partial charge in [-0.2, -0.15) is 0 Å². The molecule has 0 aliphatic carbocycles. The Morgan fingerprint density at radius 2 is 1.87 bits per heavy atom. The standard InChI is InChI=1S/C21H24N6O3S/c28-18(23-19(29)22-13-16-7-2-1-3-8-16)15-31-21-25-24-20(26-10-4-5-11-26)27(21)14-17-9-6-12-30-17/h1-3,6-9,12H,4-5,10-11,13-15H2,(H2,22,23,28,29). The highest BCUT2D eigenvalue weighted by atomic mass is 32.2. The van der Waals surface area contributed by atoms with Crippen LogP contribution in [0.25, 0.3) is 0 Å². The highest BCUT2D eigenvalue weighted by Gasteiger charge is 2.22. The Balaban J connectivity index is 1.33. The summed E-state index contributed by atoms with van der Waals surface area (Å²) in [5.41, 5.74) is 0.958. The number of carbonyl (C=O) groups is 2. The number of aromatic nitrogens is 3. The first-order valence-electron chi connectivity index (χ1n) is 10.1. The number of nitrogens with zero attached hydrogens (tertiary/aromatic N) is 4. The zero-order chi connectivity index (χ0) is 21.5. The van der Waals surface area contributed by atoms with Gasteiger partial charge in [-0.15, -0.1) is 10.2 Å². The summed E-state index contributed by atoms with van der Waals surface area (Å²) < 4.78 is 7.44. The number of imide groups is 1. The molecule has 0 unspecified atom stereocenters. The molecule has 2 aromatic heterocycles. The van der Waals surface area contributed by atoms with Gasteiger partial charge in [-0.1, -0.05) is 42.1 Å². The molecule has 10 heteroatoms. The van der Waals surface area contributed by atoms with Crippen LogP contribution >= 0.6 is 11.8 Å². The first-order chi connectivity index (χ1) is 15.2. The van der Waals surface area contributed by atoms with Gasteiger partial charge in [0.25, 0.3) is 0 Å². The topological polar surface area (TPSA) is 105 Å². The van der Waals surface area contributed by atoms with Crippen molar-refractivity contribution in [2.75, 3.05) is 23.7 Å². The number of anilines is 1. The first-order valence-corrected chi connectivity index (χ1v) is 11.1. The summed E-state index contributed by atoms with van der Waals surface area (Å²) in [5, 5.41) is 14.3. The Bertz CT molecular complexity index is 1000. The van der Waals surface area contributed by atoms with Gasteiger partial charge in [0.15, 0.2) is 5.16 Å². The minimum Gasteiger partial charge on any atom is -0.467 e. The smallest absolute Gasteiger partial charge is 0.321 e. The molecule has 162 valence electrons. The van der Waals surface area contributed by atoms with Crippen LogP contribution in [0.3, 0.4) is 0 Å². The molecule has 1 saturated heterocycles. The lowest BCUT2D eigenvalue weighted by Crippen LogP contribution is -2.40. The third-order valence-corrected chi connectivity index (χ3v) is 5.83. The van der Waals surface area contributed by atoms with Crippen molar-refractivity contribution >= 4 is 29.6 Å². The van der Waals surface area contributed by atoms with Gasteiger partial charge in [-0.05, 0) is 30.5 Å². The van der Waals surface area contributed by atoms with Crippen LogP contribution in [0.1, 0.15) is 24.2 Å². The van der Waals surface area contributed by atoms with Crippen LogP contribution < -0.4 is 15.5 Å². The van der Waals surface area contributed by atoms with E-state index in [-0.39, 0.29) is 5.75 Å². The summed E-state index contributed by atoms with van der Waals surface area (Å²) in [6, 6.07) is 12.7. The summed E-state index contributed by atoms with van der Waals surface area (Å²) >= 11 is 1.24. The number of urea groups is 1. The van der Waals surface area contributed by atoms with Crippen molar-refractivity contribution in [3.05, 3.63) is 60.1 Å². The van der Waals surface area contributed by atoms with Gasteiger partial charge in [0.2, 0.25) is 11.9 Å². The van der Waals surface area contributed by atoms with Crippen molar-refractivity contribution in [1.82, 2.24) is 25.4 Å². The predicted molar refractivity (Wildman–Crippen MR) is 117 cm³/mol. The van der Waals surface area contributed by atoms with Crippen LogP contribution in [-0.2, 0) is 17.9 Å². The molecule has 0 atom stereocenters. The maximum atomic E-state index is 12.3. The molecule has 3 amide bonds. The van der Waals surface area contributed by atoms with Crippen LogP contribution in [0.15, 0.2) is 58.3 Å². The van der Waals surface area contributed by atoms with Gasteiger partial charge in [0.05, 0.1) is 18.6 Å². The van der Waals surface area contributed by atoms with Crippen molar-refractivity contribution in [2.24, 2.45) is 0 Å². The molecule has 1 aliphatic heterocycles. The van der Waals surface area contributed by atoms with E-state index in [9.17, 15) is 9.59 Å². The maximum absolute atomic E-state index is 12.3. The molecule has 3 aromatic rings. The third-order valence-electron chi connectivity index (χ3n) is 4.86. The zero-order valence-electron chi connectivity index (χ0n) is 17.0. The minimum atomic E-state index is -0.524. The Labute approximate surface area is 184 Å². The van der Waals surface area contributed by atoms with Crippen molar-refractivity contribution < 1.29 is 14.0 Å². The number of benzene rings is 1. The van der Waals surface area contributed by atoms with Crippen molar-refractivity contribution in [2.45, 2.75) is 31.1 Å². The average Bonchev–Trinajstić information content (AvgIpc) is 3.54. The fraction of sp³-hybridized carbons (Fsp3) is 0.333. The molecule has 0 spiro atoms. The fourth-order valence-electron chi connectivity index (χ4n) is 3.35. The van der Waals surface area contributed by atoms with Crippen molar-refractivity contribution in [3.63, 3.8) is 0 Å². The number of furan rings is 1. The second-order valence-electron chi connectivity index (χ2n) is 7.15. The lowest BCUT2D eigenvalue weighted by Gasteiger charge is -2.17. The summed E-state index contributed by atoms with van der Waals surface area (Å²) in [6.45, 7) is 2.70. The molecule has 2 N–H and O–H groups in total. The van der Waals surface area contributed by atoms with Gasteiger partial charge in [-0.25, -0.2) is 4.79 Å². The van der Waals surface area contributed by atoms with Crippen LogP contribution in [0.4, 0.5) is 10.7 Å². The Morgan fingerprint density at radius 3 is 2.61 bits per heavy atom. The average molecular weight is 441 g/mol. The molecule has 0 bridgehead atoms. The lowest BCUT2D eigenvalue weighted by atomic mass is 10.2. The van der Waals surface area contributed by atoms with Crippen LogP contribution in [0, 0.1) is 0 Å². The Morgan fingerprint density at radius 1 is 1.06 bits per heavy atom. The Hall–Kier alpha value is -3.27. The molecule has 3 heterocycles. The van der Waals surface area contributed by atoms with E-state index < -0.39 is 11.9 Å². The van der Waals surface area contributed by atoms with Crippen LogP contribution in [0.2, 0.25) is 0 Å². The number of thioether (sulfide) groups is 1. The molecule has 0 saturated carbocycles. The molecule has 1 aromatic carbocycles. The van der Waals surface area contributed by atoms with E-state index in [1.54, 1.807) is 6.26 Å². The molecule has 1 aliphatic rings. The Kier molecular flexibility index (Phi) is 6.88. The largest absolute Gasteiger partial charge is 0.467 e. The number of nitrogens with one attached hydrogen (secondary N) is 2. The van der Waals surface area contributed by atoms with E-state index in [0.29, 0.717) is 18.2 Å². The molecular formula is C21H24N6O3S. The number of carbonyl (C=O) groups excluding carboxylic acids is 2. The predicted octanol–water partition coefficient (Wildman–Crippen LogP) is 2.64. The summed E-state index contributed by atoms with van der Waals surface area (Å²) in [4.78, 5) is 26.4. The second kappa shape index (κ2) is 10.2. The highest BCUT2D eigenvalue weighted by Crippen LogP contribution is 2.25. The van der Waals surface area contributed by atoms with E-state index >= 15 is 0 Å². The summed E-state index contributed by atoms with van der Waals surface area (Å²) in [6.07, 6.45) is 3.87. The van der Waals surface area contributed by atoms with E-state index in [2.05, 4.69) is 25.7 Å². The lowest BCUT2D eigenvalue weighted by molar-refractivity contribution is -0.117. The van der Waals surface area contributed by atoms with Crippen LogP contribution in [0.5, 0.6) is 0 Å². The monoisotopic (exact) mass is 440 g/mol. The number of hydrogen-bond acceptors (Lipinski definition) is 7. The molecular weight excluding hydrogens is 416 g/mol. The molecule has 9 nitrogen and oxygen atoms in total. The van der Waals surface area contributed by atoms with E-state index in [1.165, 1.54) is 11.8 Å². The summed E-state index contributed by atoms with van der Waals surface area (Å²) in [7, 11) is 0.